The molecule has 0 aliphatic heterocycles. The third kappa shape index (κ3) is 6.40. The highest BCUT2D eigenvalue weighted by Gasteiger charge is 2.15. The Morgan fingerprint density at radius 2 is 2.00 bits per heavy atom. The molecule has 0 saturated carbocycles. The van der Waals surface area contributed by atoms with Crippen molar-refractivity contribution in [1.82, 2.24) is 10.2 Å². The van der Waals surface area contributed by atoms with Gasteiger partial charge < -0.3 is 15.3 Å². The van der Waals surface area contributed by atoms with E-state index in [1.165, 1.54) is 0 Å². The molecule has 0 heterocycles. The van der Waals surface area contributed by atoms with Crippen molar-refractivity contribution < 1.29 is 14.7 Å². The first kappa shape index (κ1) is 14.9. The number of carboxylic acid groups (broad SMARTS) is 1. The topological polar surface area (TPSA) is 69.6 Å². The van der Waals surface area contributed by atoms with E-state index in [-0.39, 0.29) is 5.91 Å². The monoisotopic (exact) mass is 230 g/mol. The van der Waals surface area contributed by atoms with Gasteiger partial charge in [-0.2, -0.15) is 0 Å². The average molecular weight is 230 g/mol. The minimum absolute atomic E-state index is 0.0175. The lowest BCUT2D eigenvalue weighted by atomic mass is 10.1. The van der Waals surface area contributed by atoms with Crippen LogP contribution in [0.4, 0.5) is 0 Å². The quantitative estimate of drug-likeness (QED) is 0.639. The molecule has 0 aliphatic rings. The number of nitrogens with zero attached hydrogens (tertiary/aromatic N) is 1. The van der Waals surface area contributed by atoms with Crippen molar-refractivity contribution in [2.24, 2.45) is 5.92 Å². The van der Waals surface area contributed by atoms with Crippen molar-refractivity contribution >= 4 is 11.9 Å². The van der Waals surface area contributed by atoms with Gasteiger partial charge in [0.2, 0.25) is 5.91 Å². The van der Waals surface area contributed by atoms with Gasteiger partial charge in [-0.15, -0.1) is 0 Å². The third-order valence-electron chi connectivity index (χ3n) is 2.43. The molecule has 2 N–H and O–H groups in total. The summed E-state index contributed by atoms with van der Waals surface area (Å²) in [6, 6.07) is 0. The van der Waals surface area contributed by atoms with Crippen LogP contribution in [-0.2, 0) is 9.59 Å². The molecule has 94 valence electrons. The summed E-state index contributed by atoms with van der Waals surface area (Å²) in [4.78, 5) is 23.9. The zero-order chi connectivity index (χ0) is 12.6. The maximum atomic E-state index is 11.2. The molecule has 0 spiro atoms. The number of carbonyl (C=O) groups is 2. The molecule has 5 nitrogen and oxygen atoms in total. The van der Waals surface area contributed by atoms with Crippen LogP contribution in [0.5, 0.6) is 0 Å². The van der Waals surface area contributed by atoms with Gasteiger partial charge in [0.1, 0.15) is 0 Å². The van der Waals surface area contributed by atoms with Crippen LogP contribution in [0.3, 0.4) is 0 Å². The van der Waals surface area contributed by atoms with Crippen LogP contribution in [-0.4, -0.2) is 48.1 Å². The molecule has 0 aliphatic carbocycles. The van der Waals surface area contributed by atoms with E-state index in [0.29, 0.717) is 26.1 Å². The zero-order valence-corrected chi connectivity index (χ0v) is 10.3. The Bertz CT molecular complexity index is 231. The molecular weight excluding hydrogens is 208 g/mol. The maximum absolute atomic E-state index is 11.2. The number of hydrogen-bond acceptors (Lipinski definition) is 3. The van der Waals surface area contributed by atoms with Crippen molar-refractivity contribution in [3.8, 4) is 0 Å². The second-order valence-corrected chi connectivity index (χ2v) is 3.84. The minimum atomic E-state index is -0.795. The molecule has 1 unspecified atom stereocenters. The Morgan fingerprint density at radius 1 is 1.38 bits per heavy atom. The molecular formula is C11H22N2O3. The van der Waals surface area contributed by atoms with E-state index in [9.17, 15) is 9.59 Å². The van der Waals surface area contributed by atoms with E-state index >= 15 is 0 Å². The molecule has 1 atom stereocenters. The van der Waals surface area contributed by atoms with E-state index in [4.69, 9.17) is 5.11 Å². The number of hydrogen-bond donors (Lipinski definition) is 2. The number of carbonyl (C=O) groups excluding carboxylic acids is 1. The van der Waals surface area contributed by atoms with Gasteiger partial charge in [-0.1, -0.05) is 13.8 Å². The molecule has 0 aromatic rings. The second-order valence-electron chi connectivity index (χ2n) is 3.84. The zero-order valence-electron chi connectivity index (χ0n) is 10.3. The summed E-state index contributed by atoms with van der Waals surface area (Å²) in [7, 11) is 0. The Hall–Kier alpha value is -1.10. The lowest BCUT2D eigenvalue weighted by Gasteiger charge is -2.21. The first-order valence-corrected chi connectivity index (χ1v) is 5.73. The van der Waals surface area contributed by atoms with E-state index in [1.807, 2.05) is 18.7 Å². The predicted molar refractivity (Wildman–Crippen MR) is 62.2 cm³/mol. The van der Waals surface area contributed by atoms with Crippen LogP contribution in [0, 0.1) is 5.92 Å². The molecule has 0 bridgehead atoms. The minimum Gasteiger partial charge on any atom is -0.481 e. The summed E-state index contributed by atoms with van der Waals surface area (Å²) in [5.74, 6) is -1.17. The Morgan fingerprint density at radius 3 is 2.44 bits per heavy atom. The highest BCUT2D eigenvalue weighted by atomic mass is 16.4. The van der Waals surface area contributed by atoms with Gasteiger partial charge in [0.15, 0.2) is 0 Å². The Kier molecular flexibility index (Phi) is 7.54. The molecule has 0 rings (SSSR count). The van der Waals surface area contributed by atoms with Crippen LogP contribution >= 0.6 is 0 Å². The van der Waals surface area contributed by atoms with Gasteiger partial charge >= 0.3 is 5.97 Å². The molecule has 0 radical (unpaired) electrons. The lowest BCUT2D eigenvalue weighted by Crippen LogP contribution is -2.35. The highest BCUT2D eigenvalue weighted by molar-refractivity contribution is 5.76. The largest absolute Gasteiger partial charge is 0.481 e. The summed E-state index contributed by atoms with van der Waals surface area (Å²) in [5, 5.41) is 11.5. The van der Waals surface area contributed by atoms with Crippen LogP contribution in [0.25, 0.3) is 0 Å². The van der Waals surface area contributed by atoms with Crippen molar-refractivity contribution in [3.63, 3.8) is 0 Å². The van der Waals surface area contributed by atoms with Crippen LogP contribution in [0.1, 0.15) is 27.2 Å². The number of rotatable bonds is 8. The molecule has 0 saturated heterocycles. The molecule has 5 heteroatoms. The maximum Gasteiger partial charge on any atom is 0.307 e. The predicted octanol–water partition coefficient (Wildman–Crippen LogP) is 0.555. The van der Waals surface area contributed by atoms with Gasteiger partial charge in [-0.3, -0.25) is 9.59 Å². The van der Waals surface area contributed by atoms with Gasteiger partial charge in [0, 0.05) is 26.1 Å². The van der Waals surface area contributed by atoms with Crippen molar-refractivity contribution in [3.05, 3.63) is 0 Å². The van der Waals surface area contributed by atoms with Crippen LogP contribution < -0.4 is 5.32 Å². The van der Waals surface area contributed by atoms with Crippen LogP contribution in [0.2, 0.25) is 0 Å². The van der Waals surface area contributed by atoms with Crippen LogP contribution in [0.15, 0.2) is 0 Å². The van der Waals surface area contributed by atoms with Crippen molar-refractivity contribution in [1.29, 1.82) is 0 Å². The highest BCUT2D eigenvalue weighted by Crippen LogP contribution is 2.01. The smallest absolute Gasteiger partial charge is 0.307 e. The normalized spacial score (nSPS) is 12.5. The fourth-order valence-electron chi connectivity index (χ4n) is 1.39. The van der Waals surface area contributed by atoms with E-state index in [1.54, 1.807) is 6.92 Å². The van der Waals surface area contributed by atoms with E-state index in [0.717, 1.165) is 6.54 Å². The summed E-state index contributed by atoms with van der Waals surface area (Å²) in [5.41, 5.74) is 0. The molecule has 16 heavy (non-hydrogen) atoms. The summed E-state index contributed by atoms with van der Waals surface area (Å²) >= 11 is 0. The number of carboxylic acids is 1. The molecule has 0 fully saturated rings. The number of aliphatic carboxylic acids is 1. The standard InChI is InChI=1S/C11H22N2O3/c1-4-12-10(14)6-7-13(5-2)8-9(3)11(15)16/h9H,4-8H2,1-3H3,(H,12,14)(H,15,16). The third-order valence-corrected chi connectivity index (χ3v) is 2.43. The fraction of sp³-hybridized carbons (Fsp3) is 0.818. The first-order chi connectivity index (χ1) is 7.51. The SMILES string of the molecule is CCNC(=O)CCN(CC)CC(C)C(=O)O. The van der Waals surface area contributed by atoms with Gasteiger partial charge in [0.05, 0.1) is 5.92 Å². The van der Waals surface area contributed by atoms with Gasteiger partial charge in [-0.25, -0.2) is 0 Å². The molecule has 0 aromatic heterocycles. The Labute approximate surface area is 96.8 Å². The summed E-state index contributed by atoms with van der Waals surface area (Å²) in [6.07, 6.45) is 0.425. The summed E-state index contributed by atoms with van der Waals surface area (Å²) < 4.78 is 0. The second kappa shape index (κ2) is 8.10. The first-order valence-electron chi connectivity index (χ1n) is 5.73. The summed E-state index contributed by atoms with van der Waals surface area (Å²) in [6.45, 7) is 8.02. The number of amides is 1. The van der Waals surface area contributed by atoms with E-state index < -0.39 is 11.9 Å². The van der Waals surface area contributed by atoms with Gasteiger partial charge in [0.25, 0.3) is 0 Å². The Balaban J connectivity index is 3.92. The van der Waals surface area contributed by atoms with Crippen molar-refractivity contribution in [2.45, 2.75) is 27.2 Å². The lowest BCUT2D eigenvalue weighted by molar-refractivity contribution is -0.141. The number of nitrogens with one attached hydrogen (secondary N) is 1. The molecule has 1 amide bonds. The average Bonchev–Trinajstić information content (AvgIpc) is 2.24. The van der Waals surface area contributed by atoms with Gasteiger partial charge in [-0.05, 0) is 13.5 Å². The fourth-order valence-corrected chi connectivity index (χ4v) is 1.39. The van der Waals surface area contributed by atoms with E-state index in [2.05, 4.69) is 5.32 Å². The van der Waals surface area contributed by atoms with Crippen molar-refractivity contribution in [2.75, 3.05) is 26.2 Å². The molecule has 0 aromatic carbocycles.